The van der Waals surface area contributed by atoms with E-state index in [-0.39, 0.29) is 86.0 Å². The van der Waals surface area contributed by atoms with Gasteiger partial charge in [-0.15, -0.1) is 216 Å². The summed E-state index contributed by atoms with van der Waals surface area (Å²) in [4.78, 5) is 52.3. The third kappa shape index (κ3) is 26.8. The van der Waals surface area contributed by atoms with E-state index < -0.39 is 58.8 Å². The first-order valence-corrected chi connectivity index (χ1v) is 46.9. The van der Waals surface area contributed by atoms with Crippen molar-refractivity contribution >= 4 is 88.3 Å². The fraction of sp³-hybridized carbons (Fsp3) is 0.169. The van der Waals surface area contributed by atoms with E-state index in [2.05, 4.69) is 121 Å². The number of fused-ring (bicyclic) bond motifs is 12. The number of pyridine rings is 12. The predicted molar refractivity (Wildman–Crippen MR) is 592 cm³/mol. The van der Waals surface area contributed by atoms with Gasteiger partial charge >= 0.3 is 0 Å². The maximum absolute atomic E-state index is 8.35. The van der Waals surface area contributed by atoms with E-state index >= 15 is 0 Å². The van der Waals surface area contributed by atoms with Gasteiger partial charge in [0, 0.05) is 203 Å². The van der Waals surface area contributed by atoms with Crippen LogP contribution in [-0.2, 0) is 80.4 Å². The number of rotatable bonds is 11. The van der Waals surface area contributed by atoms with E-state index in [1.54, 1.807) is 111 Å². The summed E-state index contributed by atoms with van der Waals surface area (Å²) < 4.78 is 184. The average Bonchev–Trinajstić information content (AvgIpc) is 1.61. The van der Waals surface area contributed by atoms with Crippen LogP contribution in [0, 0.1) is 138 Å². The van der Waals surface area contributed by atoms with E-state index in [4.69, 9.17) is 46.5 Å². The molecule has 0 bridgehead atoms. The molecule has 3 atom stereocenters. The molecule has 3 unspecified atom stereocenters. The third-order valence-corrected chi connectivity index (χ3v) is 23.8. The molecule has 8 aromatic carbocycles. The molecule has 16 aromatic heterocycles. The van der Waals surface area contributed by atoms with Crippen molar-refractivity contribution in [2.75, 3.05) is 0 Å². The zero-order valence-corrected chi connectivity index (χ0v) is 93.4. The van der Waals surface area contributed by atoms with Gasteiger partial charge in [0.15, 0.2) is 0 Å². The standard InChI is InChI=1S/3C21H19N2O.C18H13N2O.2C13H12N.C12H10N.C11H8N.4Ir/c3*1-12(2)15-8-9-22-18(11-15)16-6-5-7-17-19-13(3)10-14(4)23-21(19)24-20(16)17;1-11-10-12(2)20-18-16(11)14-7-5-6-13(17(14)21-18)15-8-3-4-9-19-15;2*1-10-8-13(14-9-11(10)2)12-6-4-3-5-7-12;1-10-7-8-12(13-9-10)11-5-3-2-4-6-11;1-2-6-10(7-3-1)11-8-4-5-9-12-11;;;;/h3*5,7-12H,1-4H3;3-5,7-10H,1-2H3;2*3-6,8-9H,1-2H3;2-5,7-9H,1H3;1-6,8-9H;;;;/q8*-1;;;;/i3*1D3,12D;;2*2D3;1D3;;;;;. The average molecular weight is 2700 g/mol. The Hall–Kier alpha value is -14.6. The van der Waals surface area contributed by atoms with Crippen molar-refractivity contribution in [3.05, 3.63) is 455 Å². The number of aromatic nitrogens is 12. The molecule has 16 heterocycles. The SMILES string of the molecule is Cc1cc(C)c2c(n1)oc1c(-c3ccccn3)[c-]ccc12.[2H]C([2H])([2H])C([2H])(C)c1ccnc(-c2[c-]ccc3c2oc2nc(C)cc(C)c23)c1.[2H]C([2H])([2H])C([2H])(C)c1ccnc(-c2[c-]ccc3c2oc2nc(C)cc(C)c23)c1.[2H]C([2H])([2H])C([2H])(C)c1ccnc(-c2[c-]ccc3c2oc2nc(C)cc(C)c23)c1.[2H]C([2H])([2H])c1ccc(-c2[c-]cccc2)nc1.[2H]C([2H])([2H])c1cnc(-c2[c-]cccc2)cc1C.[2H]C([2H])([2H])c1cnc(-c2[c-]cccc2)cc1C.[Ir].[Ir].[Ir].[Ir].[c-]1ccccc1-c1ccccn1. The zero-order valence-electron chi connectivity index (χ0n) is 105. The molecular weight excluding hydrogens is 2560 g/mol. The molecule has 0 spiro atoms. The van der Waals surface area contributed by atoms with Crippen LogP contribution in [0.15, 0.2) is 334 Å². The Morgan fingerprint density at radius 3 is 0.813 bits per heavy atom. The van der Waals surface area contributed by atoms with Crippen molar-refractivity contribution in [1.29, 1.82) is 0 Å². The predicted octanol–water partition coefficient (Wildman–Crippen LogP) is 32.9. The minimum atomic E-state index is -2.46. The summed E-state index contributed by atoms with van der Waals surface area (Å²) in [5.74, 6) is -5.24. The second-order valence-electron chi connectivity index (χ2n) is 34.7. The van der Waals surface area contributed by atoms with Gasteiger partial charge in [-0.2, -0.15) is 0 Å². The second-order valence-corrected chi connectivity index (χ2v) is 34.7. The smallest absolute Gasteiger partial charge is 0.216 e. The number of hydrogen-bond donors (Lipinski definition) is 0. The van der Waals surface area contributed by atoms with Crippen LogP contribution in [0.2, 0.25) is 0 Å². The van der Waals surface area contributed by atoms with Crippen molar-refractivity contribution in [1.82, 2.24) is 59.8 Å². The van der Waals surface area contributed by atoms with Gasteiger partial charge < -0.3 is 57.5 Å². The number of hydrogen-bond acceptors (Lipinski definition) is 16. The third-order valence-electron chi connectivity index (χ3n) is 23.8. The van der Waals surface area contributed by atoms with Crippen LogP contribution < -0.4 is 0 Å². The van der Waals surface area contributed by atoms with Gasteiger partial charge in [0.2, 0.25) is 22.9 Å². The summed E-state index contributed by atoms with van der Waals surface area (Å²) in [6.07, 6.45) is 12.4. The van der Waals surface area contributed by atoms with Gasteiger partial charge in [-0.25, -0.2) is 19.9 Å². The molecule has 0 amide bonds. The van der Waals surface area contributed by atoms with E-state index in [0.717, 1.165) is 156 Å². The van der Waals surface area contributed by atoms with Crippen molar-refractivity contribution in [2.45, 2.75) is 149 Å². The number of aryl methyl sites for hydroxylation is 13. The molecule has 0 aliphatic carbocycles. The van der Waals surface area contributed by atoms with Crippen LogP contribution in [0.3, 0.4) is 0 Å². The normalized spacial score (nSPS) is 14.5. The molecule has 0 saturated heterocycles. The van der Waals surface area contributed by atoms with E-state index in [1.807, 2.05) is 224 Å². The molecule has 24 rings (SSSR count). The first-order valence-electron chi connectivity index (χ1n) is 57.4. The number of furan rings is 4. The second kappa shape index (κ2) is 52.0. The van der Waals surface area contributed by atoms with Crippen LogP contribution in [-0.4, -0.2) is 59.8 Å². The summed E-state index contributed by atoms with van der Waals surface area (Å²) >= 11 is 0. The molecule has 0 saturated carbocycles. The van der Waals surface area contributed by atoms with Gasteiger partial charge in [0.1, 0.15) is 0 Å². The topological polar surface area (TPSA) is 207 Å². The van der Waals surface area contributed by atoms with Gasteiger partial charge in [0.05, 0.1) is 22.3 Å². The fourth-order valence-electron chi connectivity index (χ4n) is 16.7. The molecule has 760 valence electrons. The van der Waals surface area contributed by atoms with Crippen molar-refractivity contribution in [2.24, 2.45) is 0 Å². The van der Waals surface area contributed by atoms with E-state index in [9.17, 15) is 0 Å². The molecule has 24 aromatic rings. The van der Waals surface area contributed by atoms with E-state index in [1.165, 1.54) is 63.5 Å². The Balaban J connectivity index is 0.000000162. The first kappa shape index (κ1) is 86.2. The van der Waals surface area contributed by atoms with Crippen LogP contribution in [0.25, 0.3) is 178 Å². The Kier molecular flexibility index (Phi) is 29.9. The van der Waals surface area contributed by atoms with Gasteiger partial charge in [0.25, 0.3) is 0 Å². The minimum Gasteiger partial charge on any atom is -0.486 e. The van der Waals surface area contributed by atoms with Crippen molar-refractivity contribution in [3.8, 4) is 90.1 Å². The summed E-state index contributed by atoms with van der Waals surface area (Å²) in [7, 11) is 0. The largest absolute Gasteiger partial charge is 0.486 e. The molecule has 20 heteroatoms. The maximum Gasteiger partial charge on any atom is 0.216 e. The van der Waals surface area contributed by atoms with Crippen LogP contribution in [0.4, 0.5) is 0 Å². The molecule has 150 heavy (non-hydrogen) atoms. The summed E-state index contributed by atoms with van der Waals surface area (Å²) in [5.41, 5.74) is 28.3. The molecule has 0 aliphatic rings. The quantitative estimate of drug-likeness (QED) is 0.110. The van der Waals surface area contributed by atoms with E-state index in [0.29, 0.717) is 101 Å². The molecule has 0 aliphatic heterocycles. The first-order chi connectivity index (χ1) is 79.0. The van der Waals surface area contributed by atoms with Crippen LogP contribution in [0.5, 0.6) is 0 Å². The van der Waals surface area contributed by atoms with Crippen molar-refractivity contribution in [3.63, 3.8) is 0 Å². The van der Waals surface area contributed by atoms with Gasteiger partial charge in [-0.3, -0.25) is 0 Å². The number of nitrogens with zero attached hydrogens (tertiary/aromatic N) is 12. The van der Waals surface area contributed by atoms with Crippen LogP contribution >= 0.6 is 0 Å². The molecular formula is C130H112Ir4N12O4-8. The fourth-order valence-corrected chi connectivity index (χ4v) is 16.7. The van der Waals surface area contributed by atoms with Gasteiger partial charge in [-0.05, 0) is 247 Å². The molecule has 0 N–H and O–H groups in total. The molecule has 0 fully saturated rings. The maximum atomic E-state index is 8.35. The molecule has 4 radical (unpaired) electrons. The zero-order chi connectivity index (χ0) is 120. The van der Waals surface area contributed by atoms with Crippen molar-refractivity contribution < 1.29 is 127 Å². The van der Waals surface area contributed by atoms with Crippen LogP contribution in [0.1, 0.15) is 177 Å². The Morgan fingerprint density at radius 2 is 0.540 bits per heavy atom. The Labute approximate surface area is 961 Å². The molecule has 16 nitrogen and oxygen atoms in total. The van der Waals surface area contributed by atoms with Gasteiger partial charge in [-0.1, -0.05) is 180 Å². The summed E-state index contributed by atoms with van der Waals surface area (Å²) in [5, 5.41) is 7.69. The minimum absolute atomic E-state index is 0. The Bertz CT molecular complexity index is 9070. The summed E-state index contributed by atoms with van der Waals surface area (Å²) in [6, 6.07) is 107. The monoisotopic (exact) mass is 2700 g/mol. The summed E-state index contributed by atoms with van der Waals surface area (Å²) in [6.45, 7) is 9.94. The Morgan fingerprint density at radius 1 is 0.247 bits per heavy atom. The number of benzene rings is 8.